The smallest absolute Gasteiger partial charge is 0.358 e. The van der Waals surface area contributed by atoms with Gasteiger partial charge in [0.05, 0.1) is 11.4 Å². The van der Waals surface area contributed by atoms with E-state index < -0.39 is 5.97 Å². The molecule has 1 aliphatic carbocycles. The first kappa shape index (κ1) is 11.6. The molecule has 0 radical (unpaired) electrons. The van der Waals surface area contributed by atoms with Gasteiger partial charge in [-0.2, -0.15) is 0 Å². The van der Waals surface area contributed by atoms with E-state index in [0.717, 1.165) is 27.8 Å². The Morgan fingerprint density at radius 2 is 2.22 bits per heavy atom. The van der Waals surface area contributed by atoms with Crippen LogP contribution in [0.1, 0.15) is 34.9 Å². The van der Waals surface area contributed by atoms with Crippen LogP contribution in [0.5, 0.6) is 0 Å². The fraction of sp³-hybridized carbons (Fsp3) is 0.250. The summed E-state index contributed by atoms with van der Waals surface area (Å²) in [6.07, 6.45) is 2.02. The Balaban J connectivity index is 2.15. The van der Waals surface area contributed by atoms with Gasteiger partial charge in [-0.25, -0.2) is 9.48 Å². The number of carboxylic acids is 1. The fourth-order valence-corrected chi connectivity index (χ4v) is 2.49. The van der Waals surface area contributed by atoms with Crippen LogP contribution < -0.4 is 0 Å². The predicted octanol–water partition coefficient (Wildman–Crippen LogP) is 2.45. The van der Waals surface area contributed by atoms with Crippen LogP contribution in [0.15, 0.2) is 24.3 Å². The van der Waals surface area contributed by atoms with Gasteiger partial charge in [-0.3, -0.25) is 0 Å². The Labute approximate surface area is 117 Å². The molecule has 1 saturated carbocycles. The van der Waals surface area contributed by atoms with Crippen molar-refractivity contribution in [3.8, 4) is 5.69 Å². The van der Waals surface area contributed by atoms with Crippen LogP contribution in [-0.2, 0) is 0 Å². The molecule has 6 heteroatoms. The summed E-state index contributed by atoms with van der Waals surface area (Å²) in [5.74, 6) is -0.724. The zero-order valence-electron chi connectivity index (χ0n) is 9.38. The maximum Gasteiger partial charge on any atom is 0.358 e. The molecule has 1 aromatic carbocycles. The van der Waals surface area contributed by atoms with Crippen molar-refractivity contribution in [2.75, 3.05) is 0 Å². The van der Waals surface area contributed by atoms with Gasteiger partial charge < -0.3 is 5.11 Å². The summed E-state index contributed by atoms with van der Waals surface area (Å²) < 4.78 is 2.74. The van der Waals surface area contributed by atoms with Crippen LogP contribution >= 0.6 is 22.6 Å². The van der Waals surface area contributed by atoms with Gasteiger partial charge in [-0.05, 0) is 53.6 Å². The van der Waals surface area contributed by atoms with E-state index in [2.05, 4.69) is 32.9 Å². The molecule has 1 fully saturated rings. The van der Waals surface area contributed by atoms with E-state index in [1.807, 2.05) is 24.3 Å². The van der Waals surface area contributed by atoms with Crippen molar-refractivity contribution < 1.29 is 9.90 Å². The minimum Gasteiger partial charge on any atom is -0.476 e. The van der Waals surface area contributed by atoms with E-state index in [-0.39, 0.29) is 11.6 Å². The van der Waals surface area contributed by atoms with E-state index in [0.29, 0.717) is 0 Å². The van der Waals surface area contributed by atoms with Crippen molar-refractivity contribution in [2.45, 2.75) is 18.8 Å². The number of halogens is 1. The van der Waals surface area contributed by atoms with Crippen LogP contribution in [0.4, 0.5) is 0 Å². The molecule has 5 nitrogen and oxygen atoms in total. The molecule has 18 heavy (non-hydrogen) atoms. The van der Waals surface area contributed by atoms with Crippen molar-refractivity contribution in [2.24, 2.45) is 0 Å². The summed E-state index contributed by atoms with van der Waals surface area (Å²) >= 11 is 2.22. The average molecular weight is 355 g/mol. The lowest BCUT2D eigenvalue weighted by Crippen LogP contribution is -2.05. The maximum atomic E-state index is 11.1. The van der Waals surface area contributed by atoms with Crippen molar-refractivity contribution in [3.63, 3.8) is 0 Å². The summed E-state index contributed by atoms with van der Waals surface area (Å²) in [7, 11) is 0. The number of hydrogen-bond donors (Lipinski definition) is 1. The van der Waals surface area contributed by atoms with Crippen LogP contribution in [0, 0.1) is 3.57 Å². The number of benzene rings is 1. The van der Waals surface area contributed by atoms with Crippen LogP contribution in [0.2, 0.25) is 0 Å². The predicted molar refractivity (Wildman–Crippen MR) is 73.0 cm³/mol. The minimum absolute atomic E-state index is 0.0800. The third kappa shape index (κ3) is 2.00. The molecule has 0 unspecified atom stereocenters. The number of carboxylic acid groups (broad SMARTS) is 1. The van der Waals surface area contributed by atoms with Gasteiger partial charge in [-0.15, -0.1) is 5.10 Å². The lowest BCUT2D eigenvalue weighted by molar-refractivity contribution is 0.0689. The third-order valence-corrected chi connectivity index (χ3v) is 3.60. The van der Waals surface area contributed by atoms with Gasteiger partial charge in [0.2, 0.25) is 0 Å². The molecule has 1 N–H and O–H groups in total. The zero-order chi connectivity index (χ0) is 12.7. The largest absolute Gasteiger partial charge is 0.476 e. The minimum atomic E-state index is -1.01. The highest BCUT2D eigenvalue weighted by Gasteiger charge is 2.34. The molecule has 92 valence electrons. The summed E-state index contributed by atoms with van der Waals surface area (Å²) in [5, 5.41) is 16.9. The molecule has 3 rings (SSSR count). The van der Waals surface area contributed by atoms with Gasteiger partial charge in [0.25, 0.3) is 0 Å². The number of carbonyl (C=O) groups is 1. The molecule has 0 spiro atoms. The van der Waals surface area contributed by atoms with E-state index in [1.54, 1.807) is 4.68 Å². The summed E-state index contributed by atoms with van der Waals surface area (Å²) in [4.78, 5) is 11.1. The molecule has 0 amide bonds. The Kier molecular flexibility index (Phi) is 2.81. The molecule has 0 atom stereocenters. The molecular formula is C12H10IN3O2. The second kappa shape index (κ2) is 4.34. The standard InChI is InChI=1S/C12H10IN3O2/c13-8-2-1-3-9(6-8)16-11(7-4-5-7)10(12(17)18)14-15-16/h1-3,6-7H,4-5H2,(H,17,18). The number of rotatable bonds is 3. The number of hydrogen-bond acceptors (Lipinski definition) is 3. The lowest BCUT2D eigenvalue weighted by Gasteiger charge is -2.06. The van der Waals surface area contributed by atoms with E-state index >= 15 is 0 Å². The summed E-state index contributed by atoms with van der Waals surface area (Å²) in [6.45, 7) is 0. The molecule has 0 bridgehead atoms. The second-order valence-corrected chi connectivity index (χ2v) is 5.54. The fourth-order valence-electron chi connectivity index (χ4n) is 1.96. The second-order valence-electron chi connectivity index (χ2n) is 4.29. The maximum absolute atomic E-state index is 11.1. The van der Waals surface area contributed by atoms with Gasteiger partial charge in [0.15, 0.2) is 5.69 Å². The normalized spacial score (nSPS) is 14.7. The SMILES string of the molecule is O=C(O)c1nnn(-c2cccc(I)c2)c1C1CC1. The Hall–Kier alpha value is -1.44. The lowest BCUT2D eigenvalue weighted by atomic mass is 10.2. The molecule has 0 saturated heterocycles. The first-order chi connectivity index (χ1) is 8.66. The first-order valence-electron chi connectivity index (χ1n) is 5.61. The first-order valence-corrected chi connectivity index (χ1v) is 6.69. The van der Waals surface area contributed by atoms with Crippen molar-refractivity contribution in [3.05, 3.63) is 39.2 Å². The van der Waals surface area contributed by atoms with E-state index in [4.69, 9.17) is 5.11 Å². The summed E-state index contributed by atoms with van der Waals surface area (Å²) in [5.41, 5.74) is 1.67. The molecule has 1 heterocycles. The highest BCUT2D eigenvalue weighted by molar-refractivity contribution is 14.1. The van der Waals surface area contributed by atoms with Gasteiger partial charge in [-0.1, -0.05) is 11.3 Å². The van der Waals surface area contributed by atoms with Crippen molar-refractivity contribution >= 4 is 28.6 Å². The van der Waals surface area contributed by atoms with Gasteiger partial charge in [0, 0.05) is 9.49 Å². The van der Waals surface area contributed by atoms with Crippen LogP contribution in [0.3, 0.4) is 0 Å². The highest BCUT2D eigenvalue weighted by atomic mass is 127. The quantitative estimate of drug-likeness (QED) is 0.859. The Bertz CT molecular complexity index is 620. The van der Waals surface area contributed by atoms with Gasteiger partial charge >= 0.3 is 5.97 Å². The number of aromatic nitrogens is 3. The van der Waals surface area contributed by atoms with Crippen LogP contribution in [0.25, 0.3) is 5.69 Å². The highest BCUT2D eigenvalue weighted by Crippen LogP contribution is 2.41. The van der Waals surface area contributed by atoms with Gasteiger partial charge in [0.1, 0.15) is 0 Å². The van der Waals surface area contributed by atoms with Crippen molar-refractivity contribution in [1.29, 1.82) is 0 Å². The Morgan fingerprint density at radius 3 is 2.83 bits per heavy atom. The molecule has 0 aliphatic heterocycles. The number of nitrogens with zero attached hydrogens (tertiary/aromatic N) is 3. The molecule has 2 aromatic rings. The zero-order valence-corrected chi connectivity index (χ0v) is 11.5. The van der Waals surface area contributed by atoms with E-state index in [1.165, 1.54) is 0 Å². The molecule has 1 aromatic heterocycles. The Morgan fingerprint density at radius 1 is 1.44 bits per heavy atom. The topological polar surface area (TPSA) is 68.0 Å². The monoisotopic (exact) mass is 355 g/mol. The van der Waals surface area contributed by atoms with Crippen molar-refractivity contribution in [1.82, 2.24) is 15.0 Å². The number of aromatic carboxylic acids is 1. The average Bonchev–Trinajstić information content (AvgIpc) is 3.07. The molecular weight excluding hydrogens is 345 g/mol. The van der Waals surface area contributed by atoms with E-state index in [9.17, 15) is 4.79 Å². The third-order valence-electron chi connectivity index (χ3n) is 2.92. The summed E-state index contributed by atoms with van der Waals surface area (Å²) in [6, 6.07) is 7.78. The molecule has 1 aliphatic rings. The van der Waals surface area contributed by atoms with Crippen LogP contribution in [-0.4, -0.2) is 26.1 Å².